The van der Waals surface area contributed by atoms with E-state index in [1.54, 1.807) is 16.3 Å². The average molecular weight is 441 g/mol. The standard InChI is InChI=1S/C26H25FN6/c1-15(2)23-14-29-33-25(23)31-24(18-10-19(27)13-28-12-18)32-26(33)30-20-8-7-17-9-16-5-3-4-6-21(16)22(17)11-20/h3-6,10,12-15,20H,7-9,11H2,1-2H3,(H,30,31,32)/t20-/m0/s1. The van der Waals surface area contributed by atoms with Gasteiger partial charge in [-0.1, -0.05) is 43.7 Å². The number of nitrogens with zero attached hydrogens (tertiary/aromatic N) is 5. The predicted molar refractivity (Wildman–Crippen MR) is 126 cm³/mol. The fourth-order valence-corrected chi connectivity index (χ4v) is 5.05. The zero-order valence-electron chi connectivity index (χ0n) is 18.7. The van der Waals surface area contributed by atoms with Crippen molar-refractivity contribution in [2.24, 2.45) is 0 Å². The summed E-state index contributed by atoms with van der Waals surface area (Å²) in [5, 5.41) is 8.23. The number of hydrogen-bond donors (Lipinski definition) is 1. The Balaban J connectivity index is 1.38. The van der Waals surface area contributed by atoms with Crippen LogP contribution in [-0.2, 0) is 6.42 Å². The number of aromatic nitrogens is 5. The van der Waals surface area contributed by atoms with Gasteiger partial charge in [-0.2, -0.15) is 14.6 Å². The van der Waals surface area contributed by atoms with Crippen LogP contribution in [0.2, 0.25) is 0 Å². The van der Waals surface area contributed by atoms with Gasteiger partial charge in [-0.25, -0.2) is 9.37 Å². The second-order valence-corrected chi connectivity index (χ2v) is 9.25. The Labute approximate surface area is 191 Å². The number of anilines is 1. The lowest BCUT2D eigenvalue weighted by Crippen LogP contribution is -2.25. The van der Waals surface area contributed by atoms with Crippen molar-refractivity contribution in [2.75, 3.05) is 5.32 Å². The van der Waals surface area contributed by atoms with Crippen molar-refractivity contribution in [1.82, 2.24) is 24.6 Å². The SMILES string of the molecule is CC(C)c1cnn2c(N[C@H]3CCC4=C(C3)c3ccccc3C4)nc(-c3cncc(F)c3)nc12. The Bertz CT molecular complexity index is 1400. The number of rotatable bonds is 4. The highest BCUT2D eigenvalue weighted by Gasteiger charge is 2.29. The number of pyridine rings is 1. The van der Waals surface area contributed by atoms with E-state index in [1.165, 1.54) is 29.0 Å². The Morgan fingerprint density at radius 3 is 2.85 bits per heavy atom. The van der Waals surface area contributed by atoms with Crippen LogP contribution in [0.25, 0.3) is 22.6 Å². The molecular weight excluding hydrogens is 415 g/mol. The van der Waals surface area contributed by atoms with E-state index in [4.69, 9.17) is 9.97 Å². The van der Waals surface area contributed by atoms with Gasteiger partial charge < -0.3 is 5.32 Å². The van der Waals surface area contributed by atoms with Crippen molar-refractivity contribution in [3.63, 3.8) is 0 Å². The quantitative estimate of drug-likeness (QED) is 0.459. The van der Waals surface area contributed by atoms with Crippen LogP contribution < -0.4 is 5.32 Å². The monoisotopic (exact) mass is 440 g/mol. The van der Waals surface area contributed by atoms with Crippen molar-refractivity contribution < 1.29 is 4.39 Å². The topological polar surface area (TPSA) is 68.0 Å². The van der Waals surface area contributed by atoms with Gasteiger partial charge in [0.2, 0.25) is 5.95 Å². The molecule has 1 N–H and O–H groups in total. The van der Waals surface area contributed by atoms with E-state index in [2.05, 4.69) is 53.5 Å². The van der Waals surface area contributed by atoms with E-state index >= 15 is 0 Å². The van der Waals surface area contributed by atoms with Crippen molar-refractivity contribution in [2.45, 2.75) is 51.5 Å². The molecule has 0 unspecified atom stereocenters. The highest BCUT2D eigenvalue weighted by Crippen LogP contribution is 2.42. The molecule has 0 saturated heterocycles. The minimum Gasteiger partial charge on any atom is -0.351 e. The maximum Gasteiger partial charge on any atom is 0.228 e. The summed E-state index contributed by atoms with van der Waals surface area (Å²) >= 11 is 0. The van der Waals surface area contributed by atoms with Crippen LogP contribution in [0.5, 0.6) is 0 Å². The molecule has 0 amide bonds. The van der Waals surface area contributed by atoms with E-state index in [9.17, 15) is 4.39 Å². The van der Waals surface area contributed by atoms with Crippen LogP contribution in [0, 0.1) is 5.82 Å². The molecule has 0 radical (unpaired) electrons. The van der Waals surface area contributed by atoms with Gasteiger partial charge in [-0.15, -0.1) is 0 Å². The second kappa shape index (κ2) is 7.76. The van der Waals surface area contributed by atoms with Gasteiger partial charge in [0, 0.05) is 23.4 Å². The molecule has 4 aromatic rings. The maximum atomic E-state index is 13.9. The zero-order valence-corrected chi connectivity index (χ0v) is 18.7. The molecular formula is C26H25FN6. The maximum absolute atomic E-state index is 13.9. The Morgan fingerprint density at radius 1 is 1.12 bits per heavy atom. The van der Waals surface area contributed by atoms with Gasteiger partial charge in [0.05, 0.1) is 12.4 Å². The lowest BCUT2D eigenvalue weighted by molar-refractivity contribution is 0.621. The summed E-state index contributed by atoms with van der Waals surface area (Å²) in [6.07, 6.45) is 8.77. The van der Waals surface area contributed by atoms with Crippen LogP contribution >= 0.6 is 0 Å². The third-order valence-corrected chi connectivity index (χ3v) is 6.73. The third-order valence-electron chi connectivity index (χ3n) is 6.73. The van der Waals surface area contributed by atoms with E-state index < -0.39 is 5.82 Å². The van der Waals surface area contributed by atoms with E-state index in [1.807, 2.05) is 6.20 Å². The fourth-order valence-electron chi connectivity index (χ4n) is 5.05. The van der Waals surface area contributed by atoms with Crippen LogP contribution in [-0.4, -0.2) is 30.6 Å². The van der Waals surface area contributed by atoms with Gasteiger partial charge in [0.1, 0.15) is 5.82 Å². The number of nitrogens with one attached hydrogen (secondary N) is 1. The molecule has 6 nitrogen and oxygen atoms in total. The molecule has 0 spiro atoms. The van der Waals surface area contributed by atoms with E-state index in [0.717, 1.165) is 36.9 Å². The van der Waals surface area contributed by atoms with E-state index in [-0.39, 0.29) is 12.0 Å². The highest BCUT2D eigenvalue weighted by molar-refractivity contribution is 5.77. The molecule has 7 heteroatoms. The molecule has 6 rings (SSSR count). The number of hydrogen-bond acceptors (Lipinski definition) is 5. The van der Waals surface area contributed by atoms with Crippen molar-refractivity contribution in [1.29, 1.82) is 0 Å². The number of fused-ring (bicyclic) bond motifs is 3. The molecule has 33 heavy (non-hydrogen) atoms. The van der Waals surface area contributed by atoms with Crippen molar-refractivity contribution in [3.8, 4) is 11.4 Å². The Morgan fingerprint density at radius 2 is 2.00 bits per heavy atom. The van der Waals surface area contributed by atoms with Crippen LogP contribution in [0.4, 0.5) is 10.3 Å². The summed E-state index contributed by atoms with van der Waals surface area (Å²) in [6, 6.07) is 10.4. The minimum absolute atomic E-state index is 0.234. The smallest absolute Gasteiger partial charge is 0.228 e. The summed E-state index contributed by atoms with van der Waals surface area (Å²) in [7, 11) is 0. The molecule has 2 aliphatic carbocycles. The first kappa shape index (κ1) is 20.0. The normalized spacial score (nSPS) is 17.5. The number of halogens is 1. The van der Waals surface area contributed by atoms with Gasteiger partial charge in [-0.05, 0) is 54.4 Å². The average Bonchev–Trinajstić information content (AvgIpc) is 3.41. The molecule has 166 valence electrons. The lowest BCUT2D eigenvalue weighted by atomic mass is 9.88. The summed E-state index contributed by atoms with van der Waals surface area (Å²) in [5.41, 5.74) is 8.18. The first-order chi connectivity index (χ1) is 16.1. The number of benzene rings is 1. The molecule has 0 fully saturated rings. The Kier molecular flexibility index (Phi) is 4.71. The molecule has 3 heterocycles. The molecule has 1 atom stereocenters. The molecule has 0 aliphatic heterocycles. The summed E-state index contributed by atoms with van der Waals surface area (Å²) < 4.78 is 15.7. The van der Waals surface area contributed by atoms with E-state index in [0.29, 0.717) is 17.3 Å². The molecule has 1 aromatic carbocycles. The summed E-state index contributed by atoms with van der Waals surface area (Å²) in [6.45, 7) is 4.23. The van der Waals surface area contributed by atoms with Gasteiger partial charge >= 0.3 is 0 Å². The molecule has 0 bridgehead atoms. The fraction of sp³-hybridized carbons (Fsp3) is 0.308. The first-order valence-electron chi connectivity index (χ1n) is 11.5. The van der Waals surface area contributed by atoms with Gasteiger partial charge in [0.15, 0.2) is 11.5 Å². The summed E-state index contributed by atoms with van der Waals surface area (Å²) in [4.78, 5) is 13.5. The Hall–Kier alpha value is -3.61. The van der Waals surface area contributed by atoms with Gasteiger partial charge in [-0.3, -0.25) is 4.98 Å². The minimum atomic E-state index is -0.408. The molecule has 3 aromatic heterocycles. The number of allylic oxidation sites excluding steroid dienone is 1. The zero-order chi connectivity index (χ0) is 22.5. The second-order valence-electron chi connectivity index (χ2n) is 9.25. The van der Waals surface area contributed by atoms with Crippen molar-refractivity contribution in [3.05, 3.63) is 77.0 Å². The first-order valence-corrected chi connectivity index (χ1v) is 11.5. The third kappa shape index (κ3) is 3.48. The molecule has 2 aliphatic rings. The van der Waals surface area contributed by atoms with Crippen LogP contribution in [0.3, 0.4) is 0 Å². The molecule has 0 saturated carbocycles. The van der Waals surface area contributed by atoms with Gasteiger partial charge in [0.25, 0.3) is 0 Å². The van der Waals surface area contributed by atoms with Crippen LogP contribution in [0.15, 0.2) is 54.5 Å². The van der Waals surface area contributed by atoms with Crippen molar-refractivity contribution >= 4 is 17.2 Å². The predicted octanol–water partition coefficient (Wildman–Crippen LogP) is 5.42. The highest BCUT2D eigenvalue weighted by atomic mass is 19.1. The summed E-state index contributed by atoms with van der Waals surface area (Å²) in [5.74, 6) is 0.920. The largest absolute Gasteiger partial charge is 0.351 e. The lowest BCUT2D eigenvalue weighted by Gasteiger charge is -2.26. The van der Waals surface area contributed by atoms with Crippen LogP contribution in [0.1, 0.15) is 55.7 Å².